The second-order valence-electron chi connectivity index (χ2n) is 4.09. The predicted octanol–water partition coefficient (Wildman–Crippen LogP) is 4.05. The number of hydrogen-bond acceptors (Lipinski definition) is 2. The van der Waals surface area contributed by atoms with E-state index in [0.29, 0.717) is 5.92 Å². The number of benzene rings is 1. The molecule has 1 fully saturated rings. The lowest BCUT2D eigenvalue weighted by Crippen LogP contribution is -2.24. The quantitative estimate of drug-likeness (QED) is 0.889. The van der Waals surface area contributed by atoms with Gasteiger partial charge in [0.15, 0.2) is 0 Å². The highest BCUT2D eigenvalue weighted by atomic mass is 79.9. The van der Waals surface area contributed by atoms with Crippen molar-refractivity contribution in [2.45, 2.75) is 12.8 Å². The Kier molecular flexibility index (Phi) is 4.67. The number of hydrogen-bond donors (Lipinski definition) is 1. The highest BCUT2D eigenvalue weighted by molar-refractivity contribution is 9.11. The van der Waals surface area contributed by atoms with Crippen LogP contribution in [-0.2, 0) is 4.74 Å². The van der Waals surface area contributed by atoms with Gasteiger partial charge in [-0.05, 0) is 52.9 Å². The molecule has 1 saturated heterocycles. The molecule has 16 heavy (non-hydrogen) atoms. The third-order valence-corrected chi connectivity index (χ3v) is 3.92. The van der Waals surface area contributed by atoms with Crippen LogP contribution in [0.25, 0.3) is 0 Å². The first kappa shape index (κ1) is 12.4. The number of rotatable bonds is 3. The number of nitrogens with one attached hydrogen (secondary N) is 1. The number of anilines is 1. The Morgan fingerprint density at radius 1 is 1.38 bits per heavy atom. The fraction of sp³-hybridized carbons (Fsp3) is 0.500. The Morgan fingerprint density at radius 3 is 2.94 bits per heavy atom. The van der Waals surface area contributed by atoms with Crippen LogP contribution in [0.2, 0.25) is 0 Å². The lowest BCUT2D eigenvalue weighted by molar-refractivity contribution is 0.0595. The zero-order valence-corrected chi connectivity index (χ0v) is 12.2. The SMILES string of the molecule is Brc1ccc(NCC2CCCOC2)c(Br)c1. The van der Waals surface area contributed by atoms with Crippen molar-refractivity contribution in [2.24, 2.45) is 5.92 Å². The van der Waals surface area contributed by atoms with E-state index in [1.54, 1.807) is 0 Å². The van der Waals surface area contributed by atoms with Gasteiger partial charge in [-0.2, -0.15) is 0 Å². The largest absolute Gasteiger partial charge is 0.384 e. The van der Waals surface area contributed by atoms with E-state index in [0.717, 1.165) is 34.4 Å². The summed E-state index contributed by atoms with van der Waals surface area (Å²) in [5.41, 5.74) is 1.15. The Labute approximate surface area is 113 Å². The molecule has 0 saturated carbocycles. The standard InChI is InChI=1S/C12H15Br2NO/c13-10-3-4-12(11(14)6-10)15-7-9-2-1-5-16-8-9/h3-4,6,9,15H,1-2,5,7-8H2. The van der Waals surface area contributed by atoms with Crippen molar-refractivity contribution in [3.63, 3.8) is 0 Å². The minimum Gasteiger partial charge on any atom is -0.384 e. The fourth-order valence-corrected chi connectivity index (χ4v) is 3.04. The highest BCUT2D eigenvalue weighted by Gasteiger charge is 2.13. The van der Waals surface area contributed by atoms with Crippen LogP contribution in [0.3, 0.4) is 0 Å². The van der Waals surface area contributed by atoms with Crippen molar-refractivity contribution in [3.05, 3.63) is 27.1 Å². The van der Waals surface area contributed by atoms with Crippen LogP contribution >= 0.6 is 31.9 Å². The van der Waals surface area contributed by atoms with Gasteiger partial charge in [-0.1, -0.05) is 15.9 Å². The summed E-state index contributed by atoms with van der Waals surface area (Å²) in [6, 6.07) is 6.18. The van der Waals surface area contributed by atoms with Gasteiger partial charge in [-0.3, -0.25) is 0 Å². The molecule has 0 aromatic heterocycles. The van der Waals surface area contributed by atoms with Crippen LogP contribution in [0.1, 0.15) is 12.8 Å². The third-order valence-electron chi connectivity index (χ3n) is 2.77. The van der Waals surface area contributed by atoms with E-state index in [1.165, 1.54) is 12.8 Å². The summed E-state index contributed by atoms with van der Waals surface area (Å²) in [4.78, 5) is 0. The van der Waals surface area contributed by atoms with E-state index < -0.39 is 0 Å². The first-order valence-corrected chi connectivity index (χ1v) is 7.11. The van der Waals surface area contributed by atoms with Crippen molar-refractivity contribution in [3.8, 4) is 0 Å². The van der Waals surface area contributed by atoms with Gasteiger partial charge in [0.2, 0.25) is 0 Å². The van der Waals surface area contributed by atoms with Crippen LogP contribution in [0.5, 0.6) is 0 Å². The Hall–Kier alpha value is -0.0600. The minimum atomic E-state index is 0.643. The maximum Gasteiger partial charge on any atom is 0.0511 e. The van der Waals surface area contributed by atoms with E-state index >= 15 is 0 Å². The molecule has 2 nitrogen and oxygen atoms in total. The number of halogens is 2. The van der Waals surface area contributed by atoms with Crippen LogP contribution in [0.15, 0.2) is 27.1 Å². The first-order valence-electron chi connectivity index (χ1n) is 5.52. The first-order chi connectivity index (χ1) is 7.75. The maximum atomic E-state index is 5.46. The molecule has 4 heteroatoms. The summed E-state index contributed by atoms with van der Waals surface area (Å²) in [5.74, 6) is 0.643. The summed E-state index contributed by atoms with van der Waals surface area (Å²) < 4.78 is 7.65. The molecule has 0 aliphatic carbocycles. The number of ether oxygens (including phenoxy) is 1. The third kappa shape index (κ3) is 3.47. The lowest BCUT2D eigenvalue weighted by atomic mass is 10.0. The van der Waals surface area contributed by atoms with E-state index in [9.17, 15) is 0 Å². The normalized spacial score (nSPS) is 20.8. The van der Waals surface area contributed by atoms with Gasteiger partial charge >= 0.3 is 0 Å². The smallest absolute Gasteiger partial charge is 0.0511 e. The Morgan fingerprint density at radius 2 is 2.25 bits per heavy atom. The zero-order valence-electron chi connectivity index (χ0n) is 9.01. The van der Waals surface area contributed by atoms with Gasteiger partial charge in [0, 0.05) is 27.8 Å². The molecule has 0 bridgehead atoms. The van der Waals surface area contributed by atoms with Gasteiger partial charge in [-0.15, -0.1) is 0 Å². The molecule has 1 unspecified atom stereocenters. The predicted molar refractivity (Wildman–Crippen MR) is 73.9 cm³/mol. The highest BCUT2D eigenvalue weighted by Crippen LogP contribution is 2.26. The molecule has 2 rings (SSSR count). The molecule has 0 amide bonds. The van der Waals surface area contributed by atoms with E-state index in [-0.39, 0.29) is 0 Å². The van der Waals surface area contributed by atoms with Gasteiger partial charge in [-0.25, -0.2) is 0 Å². The Bertz CT molecular complexity index is 351. The monoisotopic (exact) mass is 347 g/mol. The average molecular weight is 349 g/mol. The van der Waals surface area contributed by atoms with Crippen molar-refractivity contribution in [1.82, 2.24) is 0 Å². The van der Waals surface area contributed by atoms with Gasteiger partial charge in [0.05, 0.1) is 6.61 Å². The van der Waals surface area contributed by atoms with Crippen LogP contribution in [-0.4, -0.2) is 19.8 Å². The van der Waals surface area contributed by atoms with Gasteiger partial charge in [0.1, 0.15) is 0 Å². The molecule has 1 aliphatic heterocycles. The molecule has 1 aromatic carbocycles. The minimum absolute atomic E-state index is 0.643. The van der Waals surface area contributed by atoms with Crippen molar-refractivity contribution >= 4 is 37.5 Å². The molecule has 88 valence electrons. The van der Waals surface area contributed by atoms with Gasteiger partial charge < -0.3 is 10.1 Å². The fourth-order valence-electron chi connectivity index (χ4n) is 1.86. The second-order valence-corrected chi connectivity index (χ2v) is 5.86. The van der Waals surface area contributed by atoms with Crippen molar-refractivity contribution in [1.29, 1.82) is 0 Å². The summed E-state index contributed by atoms with van der Waals surface area (Å²) in [6.45, 7) is 2.81. The van der Waals surface area contributed by atoms with E-state index in [2.05, 4.69) is 49.3 Å². The maximum absolute atomic E-state index is 5.46. The topological polar surface area (TPSA) is 21.3 Å². The molecule has 1 aromatic rings. The average Bonchev–Trinajstić information content (AvgIpc) is 2.29. The molecule has 1 atom stereocenters. The molecule has 1 aliphatic rings. The zero-order chi connectivity index (χ0) is 11.4. The second kappa shape index (κ2) is 6.03. The van der Waals surface area contributed by atoms with Crippen LogP contribution < -0.4 is 5.32 Å². The van der Waals surface area contributed by atoms with Crippen LogP contribution in [0.4, 0.5) is 5.69 Å². The van der Waals surface area contributed by atoms with Gasteiger partial charge in [0.25, 0.3) is 0 Å². The molecule has 0 spiro atoms. The lowest BCUT2D eigenvalue weighted by Gasteiger charge is -2.23. The molecule has 1 heterocycles. The summed E-state index contributed by atoms with van der Waals surface area (Å²) in [7, 11) is 0. The summed E-state index contributed by atoms with van der Waals surface area (Å²) >= 11 is 6.99. The molecule has 0 radical (unpaired) electrons. The molecule has 1 N–H and O–H groups in total. The summed E-state index contributed by atoms with van der Waals surface area (Å²) in [5, 5.41) is 3.46. The van der Waals surface area contributed by atoms with Crippen LogP contribution in [0, 0.1) is 5.92 Å². The molecular weight excluding hydrogens is 334 g/mol. The van der Waals surface area contributed by atoms with Crippen molar-refractivity contribution in [2.75, 3.05) is 25.1 Å². The van der Waals surface area contributed by atoms with E-state index in [1.807, 2.05) is 6.07 Å². The Balaban J connectivity index is 1.88. The van der Waals surface area contributed by atoms with Crippen molar-refractivity contribution < 1.29 is 4.74 Å². The molecular formula is C12H15Br2NO. The summed E-state index contributed by atoms with van der Waals surface area (Å²) in [6.07, 6.45) is 2.45. The van der Waals surface area contributed by atoms with E-state index in [4.69, 9.17) is 4.74 Å².